The number of nitrogens with two attached hydrogens (primary N) is 1. The Morgan fingerprint density at radius 2 is 1.79 bits per heavy atom. The molecule has 4 heterocycles. The molecule has 0 unspecified atom stereocenters. The molecule has 1 aliphatic heterocycles. The van der Waals surface area contributed by atoms with Gasteiger partial charge in [-0.3, -0.25) is 4.79 Å². The summed E-state index contributed by atoms with van der Waals surface area (Å²) in [4.78, 5) is 20.2. The number of fused-ring (bicyclic) bond motifs is 1. The number of carbonyl (C=O) groups is 1. The van der Waals surface area contributed by atoms with Gasteiger partial charge in [0.1, 0.15) is 5.82 Å². The predicted octanol–water partition coefficient (Wildman–Crippen LogP) is 5.03. The lowest BCUT2D eigenvalue weighted by atomic mass is 10.1. The topological polar surface area (TPSA) is 76.5 Å². The summed E-state index contributed by atoms with van der Waals surface area (Å²) in [6.45, 7) is 11.7. The van der Waals surface area contributed by atoms with Crippen molar-refractivity contribution >= 4 is 28.7 Å². The summed E-state index contributed by atoms with van der Waals surface area (Å²) in [6.07, 6.45) is 3.32. The van der Waals surface area contributed by atoms with Crippen molar-refractivity contribution < 1.29 is 4.79 Å². The van der Waals surface area contributed by atoms with E-state index in [0.717, 1.165) is 36.4 Å². The number of aryl methyl sites for hydroxylation is 1. The highest BCUT2D eigenvalue weighted by molar-refractivity contribution is 7.13. The number of nitrogen functional groups attached to an aromatic ring is 1. The Kier molecular flexibility index (Phi) is 7.99. The third-order valence-electron chi connectivity index (χ3n) is 4.42. The van der Waals surface area contributed by atoms with E-state index < -0.39 is 0 Å². The zero-order valence-corrected chi connectivity index (χ0v) is 18.3. The third-order valence-corrected chi connectivity index (χ3v) is 5.43. The SMILES string of the molecule is CC.CC.Cc1ccsc1-c1nc2cc(C(=O)N3CCCCC3)cc(N)n2n1. The molecule has 1 amide bonds. The average molecular weight is 402 g/mol. The van der Waals surface area contributed by atoms with Gasteiger partial charge in [-0.1, -0.05) is 27.7 Å². The average Bonchev–Trinajstić information content (AvgIpc) is 3.37. The second-order valence-electron chi connectivity index (χ2n) is 6.16. The molecule has 0 aromatic carbocycles. The Labute approximate surface area is 171 Å². The van der Waals surface area contributed by atoms with Gasteiger partial charge in [-0.2, -0.15) is 4.52 Å². The molecule has 3 aromatic rings. The number of piperidine rings is 1. The van der Waals surface area contributed by atoms with Gasteiger partial charge in [0.05, 0.1) is 4.88 Å². The van der Waals surface area contributed by atoms with Crippen molar-refractivity contribution in [2.75, 3.05) is 18.8 Å². The molecule has 3 aromatic heterocycles. The fourth-order valence-electron chi connectivity index (χ4n) is 3.11. The standard InChI is InChI=1S/C17H19N5OS.2C2H6/c1-11-5-8-24-15(11)16-19-14-10-12(9-13(18)22(14)20-16)17(23)21-6-3-2-4-7-21;2*1-2/h5,8-10H,2-4,6-7,18H2,1H3;2*1-2H3. The number of anilines is 1. The Bertz CT molecular complexity index is 909. The van der Waals surface area contributed by atoms with E-state index in [1.807, 2.05) is 51.0 Å². The van der Waals surface area contributed by atoms with E-state index in [9.17, 15) is 4.79 Å². The second kappa shape index (κ2) is 10.2. The van der Waals surface area contributed by atoms with E-state index >= 15 is 0 Å². The summed E-state index contributed by atoms with van der Waals surface area (Å²) < 4.78 is 1.60. The van der Waals surface area contributed by atoms with E-state index in [2.05, 4.69) is 10.1 Å². The van der Waals surface area contributed by atoms with Crippen LogP contribution in [0.5, 0.6) is 0 Å². The minimum Gasteiger partial charge on any atom is -0.384 e. The lowest BCUT2D eigenvalue weighted by molar-refractivity contribution is 0.0724. The zero-order valence-electron chi connectivity index (χ0n) is 17.5. The first-order valence-corrected chi connectivity index (χ1v) is 11.0. The fourth-order valence-corrected chi connectivity index (χ4v) is 3.96. The molecule has 1 fully saturated rings. The van der Waals surface area contributed by atoms with Gasteiger partial charge in [0.15, 0.2) is 11.5 Å². The van der Waals surface area contributed by atoms with Crippen LogP contribution < -0.4 is 5.73 Å². The number of thiophene rings is 1. The number of carbonyl (C=O) groups excluding carboxylic acids is 1. The predicted molar refractivity (Wildman–Crippen MR) is 118 cm³/mol. The molecule has 28 heavy (non-hydrogen) atoms. The monoisotopic (exact) mass is 401 g/mol. The van der Waals surface area contributed by atoms with Gasteiger partial charge in [-0.25, -0.2) is 4.98 Å². The van der Waals surface area contributed by atoms with Gasteiger partial charge in [0, 0.05) is 18.7 Å². The molecule has 7 heteroatoms. The molecular formula is C21H31N5OS. The quantitative estimate of drug-likeness (QED) is 0.653. The van der Waals surface area contributed by atoms with Gasteiger partial charge in [-0.05, 0) is 55.3 Å². The van der Waals surface area contributed by atoms with Crippen LogP contribution >= 0.6 is 11.3 Å². The first kappa shape index (κ1) is 21.9. The largest absolute Gasteiger partial charge is 0.384 e. The number of hydrogen-bond acceptors (Lipinski definition) is 5. The molecule has 0 atom stereocenters. The van der Waals surface area contributed by atoms with Gasteiger partial charge in [0.25, 0.3) is 5.91 Å². The lowest BCUT2D eigenvalue weighted by Gasteiger charge is -2.26. The van der Waals surface area contributed by atoms with Crippen molar-refractivity contribution in [2.24, 2.45) is 0 Å². The molecule has 0 radical (unpaired) electrons. The van der Waals surface area contributed by atoms with Crippen LogP contribution in [0.25, 0.3) is 16.3 Å². The summed E-state index contributed by atoms with van der Waals surface area (Å²) >= 11 is 1.60. The maximum Gasteiger partial charge on any atom is 0.254 e. The Balaban J connectivity index is 0.000000660. The molecule has 6 nitrogen and oxygen atoms in total. The van der Waals surface area contributed by atoms with Crippen molar-refractivity contribution in [3.63, 3.8) is 0 Å². The van der Waals surface area contributed by atoms with Crippen molar-refractivity contribution in [2.45, 2.75) is 53.9 Å². The molecule has 0 saturated carbocycles. The van der Waals surface area contributed by atoms with Gasteiger partial charge in [-0.15, -0.1) is 16.4 Å². The molecule has 2 N–H and O–H groups in total. The summed E-state index contributed by atoms with van der Waals surface area (Å²) in [5.74, 6) is 1.11. The molecular weight excluding hydrogens is 370 g/mol. The van der Waals surface area contributed by atoms with Crippen LogP contribution in [0.1, 0.15) is 62.9 Å². The van der Waals surface area contributed by atoms with Crippen LogP contribution in [0.2, 0.25) is 0 Å². The molecule has 152 valence electrons. The normalized spacial score (nSPS) is 13.4. The first-order valence-electron chi connectivity index (χ1n) is 10.1. The highest BCUT2D eigenvalue weighted by Crippen LogP contribution is 2.27. The number of amides is 1. The lowest BCUT2D eigenvalue weighted by Crippen LogP contribution is -2.35. The second-order valence-corrected chi connectivity index (χ2v) is 7.08. The van der Waals surface area contributed by atoms with Crippen molar-refractivity contribution in [3.8, 4) is 10.7 Å². The molecule has 4 rings (SSSR count). The van der Waals surface area contributed by atoms with Crippen LogP contribution in [0.4, 0.5) is 5.82 Å². The molecule has 0 aliphatic carbocycles. The van der Waals surface area contributed by atoms with E-state index in [0.29, 0.717) is 22.9 Å². The van der Waals surface area contributed by atoms with Gasteiger partial charge in [0.2, 0.25) is 0 Å². The number of aromatic nitrogens is 3. The van der Waals surface area contributed by atoms with Crippen molar-refractivity contribution in [1.82, 2.24) is 19.5 Å². The van der Waals surface area contributed by atoms with E-state index in [1.54, 1.807) is 28.0 Å². The van der Waals surface area contributed by atoms with E-state index in [4.69, 9.17) is 5.73 Å². The van der Waals surface area contributed by atoms with Gasteiger partial charge >= 0.3 is 0 Å². The van der Waals surface area contributed by atoms with Crippen molar-refractivity contribution in [1.29, 1.82) is 0 Å². The molecule has 0 bridgehead atoms. The van der Waals surface area contributed by atoms with Crippen LogP contribution in [0.3, 0.4) is 0 Å². The highest BCUT2D eigenvalue weighted by Gasteiger charge is 2.20. The maximum absolute atomic E-state index is 12.7. The van der Waals surface area contributed by atoms with Crippen LogP contribution in [-0.4, -0.2) is 38.5 Å². The highest BCUT2D eigenvalue weighted by atomic mass is 32.1. The van der Waals surface area contributed by atoms with Crippen LogP contribution in [0.15, 0.2) is 23.6 Å². The van der Waals surface area contributed by atoms with Crippen LogP contribution in [-0.2, 0) is 0 Å². The summed E-state index contributed by atoms with van der Waals surface area (Å²) in [6, 6.07) is 5.52. The summed E-state index contributed by atoms with van der Waals surface area (Å²) in [5.41, 5.74) is 8.46. The zero-order chi connectivity index (χ0) is 20.7. The maximum atomic E-state index is 12.7. The first-order chi connectivity index (χ1) is 13.6. The number of pyridine rings is 1. The Morgan fingerprint density at radius 3 is 2.39 bits per heavy atom. The number of likely N-dealkylation sites (tertiary alicyclic amines) is 1. The molecule has 1 aliphatic rings. The van der Waals surface area contributed by atoms with Crippen LogP contribution in [0, 0.1) is 6.92 Å². The van der Waals surface area contributed by atoms with E-state index in [-0.39, 0.29) is 5.91 Å². The smallest absolute Gasteiger partial charge is 0.254 e. The van der Waals surface area contributed by atoms with E-state index in [1.165, 1.54) is 6.42 Å². The number of rotatable bonds is 2. The summed E-state index contributed by atoms with van der Waals surface area (Å²) in [5, 5.41) is 6.51. The minimum absolute atomic E-state index is 0.0285. The third kappa shape index (κ3) is 4.52. The molecule has 0 spiro atoms. The van der Waals surface area contributed by atoms with Gasteiger partial charge < -0.3 is 10.6 Å². The fraction of sp³-hybridized carbons (Fsp3) is 0.476. The van der Waals surface area contributed by atoms with Crippen molar-refractivity contribution in [3.05, 3.63) is 34.7 Å². The Hall–Kier alpha value is -2.41. The Morgan fingerprint density at radius 1 is 1.11 bits per heavy atom. The summed E-state index contributed by atoms with van der Waals surface area (Å²) in [7, 11) is 0. The number of nitrogens with zero attached hydrogens (tertiary/aromatic N) is 4. The number of hydrogen-bond donors (Lipinski definition) is 1. The molecule has 1 saturated heterocycles. The minimum atomic E-state index is 0.0285.